The molecule has 0 radical (unpaired) electrons. The third kappa shape index (κ3) is 3.65. The molecule has 2 aromatic carbocycles. The van der Waals surface area contributed by atoms with E-state index >= 15 is 0 Å². The first-order valence-corrected chi connectivity index (χ1v) is 10.9. The maximum atomic E-state index is 13.1. The number of likely N-dealkylation sites (tertiary alicyclic amines) is 1. The number of hydrogen-bond donors (Lipinski definition) is 0. The van der Waals surface area contributed by atoms with Gasteiger partial charge in [-0.25, -0.2) is 0 Å². The molecule has 1 spiro atoms. The van der Waals surface area contributed by atoms with E-state index in [1.807, 2.05) is 52.8 Å². The third-order valence-corrected chi connectivity index (χ3v) is 7.45. The molecule has 2 aliphatic heterocycles. The first-order valence-electron chi connectivity index (χ1n) is 9.56. The van der Waals surface area contributed by atoms with Crippen LogP contribution in [0.25, 0.3) is 0 Å². The highest BCUT2D eigenvalue weighted by atomic mass is 35.5. The molecule has 4 rings (SSSR count). The summed E-state index contributed by atoms with van der Waals surface area (Å²) in [4.78, 5) is 29.6. The van der Waals surface area contributed by atoms with Crippen LogP contribution in [0.3, 0.4) is 0 Å². The number of halogens is 1. The number of hydrogen-bond acceptors (Lipinski definition) is 3. The number of aryl methyl sites for hydroxylation is 1. The van der Waals surface area contributed by atoms with Gasteiger partial charge < -0.3 is 9.80 Å². The van der Waals surface area contributed by atoms with E-state index in [9.17, 15) is 9.59 Å². The molecule has 0 bridgehead atoms. The molecule has 0 saturated carbocycles. The van der Waals surface area contributed by atoms with Gasteiger partial charge in [0.1, 0.15) is 0 Å². The molecular formula is C22H23ClN2O2S. The summed E-state index contributed by atoms with van der Waals surface area (Å²) in [6, 6.07) is 14.8. The van der Waals surface area contributed by atoms with Gasteiger partial charge in [0.05, 0.1) is 4.87 Å². The average Bonchev–Trinajstić information content (AvgIpc) is 3.11. The lowest BCUT2D eigenvalue weighted by Gasteiger charge is -2.44. The summed E-state index contributed by atoms with van der Waals surface area (Å²) in [5, 5.41) is 0.627. The summed E-state index contributed by atoms with van der Waals surface area (Å²) in [6.07, 6.45) is 1.60. The van der Waals surface area contributed by atoms with Gasteiger partial charge in [-0.15, -0.1) is 11.8 Å². The van der Waals surface area contributed by atoms with E-state index in [1.165, 1.54) is 0 Å². The Bertz CT molecular complexity index is 874. The molecule has 2 aromatic rings. The fourth-order valence-electron chi connectivity index (χ4n) is 4.00. The number of benzene rings is 2. The third-order valence-electron chi connectivity index (χ3n) is 5.64. The zero-order valence-corrected chi connectivity index (χ0v) is 17.4. The van der Waals surface area contributed by atoms with E-state index in [-0.39, 0.29) is 16.7 Å². The van der Waals surface area contributed by atoms with Crippen molar-refractivity contribution in [1.29, 1.82) is 0 Å². The molecule has 28 heavy (non-hydrogen) atoms. The van der Waals surface area contributed by atoms with Crippen LogP contribution in [0.1, 0.15) is 39.1 Å². The van der Waals surface area contributed by atoms with Crippen molar-refractivity contribution in [1.82, 2.24) is 9.80 Å². The second-order valence-electron chi connectivity index (χ2n) is 7.42. The van der Waals surface area contributed by atoms with E-state index in [2.05, 4.69) is 0 Å². The Balaban J connectivity index is 1.46. The van der Waals surface area contributed by atoms with Gasteiger partial charge in [0.15, 0.2) is 0 Å². The minimum absolute atomic E-state index is 0.0333. The molecule has 2 heterocycles. The van der Waals surface area contributed by atoms with Crippen molar-refractivity contribution < 1.29 is 9.59 Å². The van der Waals surface area contributed by atoms with Gasteiger partial charge in [0.25, 0.3) is 11.8 Å². The van der Waals surface area contributed by atoms with E-state index in [1.54, 1.807) is 24.3 Å². The van der Waals surface area contributed by atoms with Crippen LogP contribution in [-0.4, -0.2) is 51.9 Å². The molecule has 0 aromatic heterocycles. The van der Waals surface area contributed by atoms with Gasteiger partial charge >= 0.3 is 0 Å². The molecule has 146 valence electrons. The van der Waals surface area contributed by atoms with Gasteiger partial charge in [-0.3, -0.25) is 9.59 Å². The second-order valence-corrected chi connectivity index (χ2v) is 9.31. The number of piperidine rings is 1. The predicted molar refractivity (Wildman–Crippen MR) is 114 cm³/mol. The monoisotopic (exact) mass is 414 g/mol. The Hall–Kier alpha value is -1.98. The molecule has 0 aliphatic carbocycles. The van der Waals surface area contributed by atoms with Crippen molar-refractivity contribution in [3.05, 3.63) is 70.2 Å². The van der Waals surface area contributed by atoms with Crippen LogP contribution in [0.5, 0.6) is 0 Å². The molecule has 0 N–H and O–H groups in total. The first kappa shape index (κ1) is 19.3. The van der Waals surface area contributed by atoms with E-state index in [4.69, 9.17) is 11.6 Å². The summed E-state index contributed by atoms with van der Waals surface area (Å²) >= 11 is 7.78. The smallest absolute Gasteiger partial charge is 0.254 e. The molecule has 2 aliphatic rings. The molecule has 2 fully saturated rings. The number of thioether (sulfide) groups is 1. The summed E-state index contributed by atoms with van der Waals surface area (Å²) in [5.74, 6) is 1.08. The van der Waals surface area contributed by atoms with Crippen LogP contribution in [0, 0.1) is 6.92 Å². The van der Waals surface area contributed by atoms with Gasteiger partial charge in [0.2, 0.25) is 0 Å². The summed E-state index contributed by atoms with van der Waals surface area (Å²) < 4.78 is 0. The number of nitrogens with zero attached hydrogens (tertiary/aromatic N) is 2. The van der Waals surface area contributed by atoms with Crippen LogP contribution in [0.4, 0.5) is 0 Å². The minimum atomic E-state index is -0.196. The number of amides is 2. The Morgan fingerprint density at radius 1 is 0.893 bits per heavy atom. The standard InChI is InChI=1S/C22H23ClN2O2S/c1-16-2-4-18(5-3-16)21(27)25-14-15-28-22(25)10-12-24(13-11-22)20(26)17-6-8-19(23)9-7-17/h2-9H,10-15H2,1H3. The molecule has 0 atom stereocenters. The fraction of sp³-hybridized carbons (Fsp3) is 0.364. The molecular weight excluding hydrogens is 392 g/mol. The van der Waals surface area contributed by atoms with Crippen LogP contribution in [-0.2, 0) is 0 Å². The van der Waals surface area contributed by atoms with E-state index < -0.39 is 0 Å². The van der Waals surface area contributed by atoms with Crippen molar-refractivity contribution in [2.75, 3.05) is 25.4 Å². The minimum Gasteiger partial charge on any atom is -0.338 e. The maximum Gasteiger partial charge on any atom is 0.254 e. The van der Waals surface area contributed by atoms with Gasteiger partial charge in [-0.05, 0) is 56.2 Å². The largest absolute Gasteiger partial charge is 0.338 e. The van der Waals surface area contributed by atoms with Crippen LogP contribution >= 0.6 is 23.4 Å². The van der Waals surface area contributed by atoms with Gasteiger partial charge in [0, 0.05) is 41.5 Å². The van der Waals surface area contributed by atoms with Gasteiger partial charge in [-0.2, -0.15) is 0 Å². The lowest BCUT2D eigenvalue weighted by atomic mass is 10.00. The molecule has 4 nitrogen and oxygen atoms in total. The zero-order valence-electron chi connectivity index (χ0n) is 15.9. The highest BCUT2D eigenvalue weighted by molar-refractivity contribution is 8.00. The molecule has 2 amide bonds. The number of carbonyl (C=O) groups is 2. The number of carbonyl (C=O) groups excluding carboxylic acids is 2. The summed E-state index contributed by atoms with van der Waals surface area (Å²) in [5.41, 5.74) is 2.55. The Morgan fingerprint density at radius 3 is 2.11 bits per heavy atom. The van der Waals surface area contributed by atoms with Crippen LogP contribution in [0.15, 0.2) is 48.5 Å². The zero-order chi connectivity index (χ0) is 19.7. The molecule has 0 unspecified atom stereocenters. The van der Waals surface area contributed by atoms with Gasteiger partial charge in [-0.1, -0.05) is 29.3 Å². The quantitative estimate of drug-likeness (QED) is 0.727. The van der Waals surface area contributed by atoms with Crippen molar-refractivity contribution in [3.8, 4) is 0 Å². The first-order chi connectivity index (χ1) is 13.5. The lowest BCUT2D eigenvalue weighted by molar-refractivity contribution is 0.0498. The van der Waals surface area contributed by atoms with Crippen molar-refractivity contribution in [2.45, 2.75) is 24.6 Å². The van der Waals surface area contributed by atoms with Crippen molar-refractivity contribution in [3.63, 3.8) is 0 Å². The number of rotatable bonds is 2. The average molecular weight is 415 g/mol. The van der Waals surface area contributed by atoms with Crippen molar-refractivity contribution >= 4 is 35.2 Å². The van der Waals surface area contributed by atoms with E-state index in [0.29, 0.717) is 23.7 Å². The van der Waals surface area contributed by atoms with Crippen LogP contribution in [0.2, 0.25) is 5.02 Å². The summed E-state index contributed by atoms with van der Waals surface area (Å²) in [7, 11) is 0. The summed E-state index contributed by atoms with van der Waals surface area (Å²) in [6.45, 7) is 4.11. The Kier molecular flexibility index (Phi) is 5.39. The predicted octanol–water partition coefficient (Wildman–Crippen LogP) is 4.47. The second kappa shape index (κ2) is 7.80. The molecule has 2 saturated heterocycles. The molecule has 6 heteroatoms. The SMILES string of the molecule is Cc1ccc(C(=O)N2CCSC23CCN(C(=O)c2ccc(Cl)cc2)CC3)cc1. The Labute approximate surface area is 174 Å². The highest BCUT2D eigenvalue weighted by Gasteiger charge is 2.47. The van der Waals surface area contributed by atoms with E-state index in [0.717, 1.165) is 36.3 Å². The maximum absolute atomic E-state index is 13.1. The van der Waals surface area contributed by atoms with Crippen molar-refractivity contribution in [2.24, 2.45) is 0 Å². The normalized spacial score (nSPS) is 18.5. The van der Waals surface area contributed by atoms with Crippen LogP contribution < -0.4 is 0 Å². The topological polar surface area (TPSA) is 40.6 Å². The highest BCUT2D eigenvalue weighted by Crippen LogP contribution is 2.44. The fourth-order valence-corrected chi connectivity index (χ4v) is 5.58. The lowest BCUT2D eigenvalue weighted by Crippen LogP contribution is -2.53. The Morgan fingerprint density at radius 2 is 1.46 bits per heavy atom.